The van der Waals surface area contributed by atoms with E-state index < -0.39 is 0 Å². The number of aryl methyl sites for hydroxylation is 1. The van der Waals surface area contributed by atoms with E-state index in [4.69, 9.17) is 5.73 Å². The summed E-state index contributed by atoms with van der Waals surface area (Å²) in [6.07, 6.45) is 0. The van der Waals surface area contributed by atoms with Crippen molar-refractivity contribution in [3.05, 3.63) is 58.1 Å². The number of rotatable bonds is 3. The second-order valence-electron chi connectivity index (χ2n) is 4.56. The van der Waals surface area contributed by atoms with Crippen molar-refractivity contribution >= 4 is 27.3 Å². The summed E-state index contributed by atoms with van der Waals surface area (Å²) in [6.45, 7) is 2.93. The normalized spacial score (nSPS) is 10.4. The summed E-state index contributed by atoms with van der Waals surface area (Å²) in [5.74, 6) is 0. The Bertz CT molecular complexity index is 552. The van der Waals surface area contributed by atoms with Crippen LogP contribution in [0.4, 0.5) is 11.4 Å². The molecule has 2 aromatic rings. The molecule has 2 N–H and O–H groups in total. The molecule has 0 aliphatic heterocycles. The van der Waals surface area contributed by atoms with Crippen molar-refractivity contribution in [2.45, 2.75) is 13.5 Å². The summed E-state index contributed by atoms with van der Waals surface area (Å²) in [5, 5.41) is 0. The summed E-state index contributed by atoms with van der Waals surface area (Å²) in [5.41, 5.74) is 10.3. The Morgan fingerprint density at radius 2 is 1.94 bits per heavy atom. The lowest BCUT2D eigenvalue weighted by atomic mass is 10.1. The minimum Gasteiger partial charge on any atom is -0.399 e. The summed E-state index contributed by atoms with van der Waals surface area (Å²) >= 11 is 3.61. The van der Waals surface area contributed by atoms with E-state index in [0.717, 1.165) is 16.7 Å². The molecular formula is C15H17BrN2. The maximum atomic E-state index is 5.79. The maximum absolute atomic E-state index is 5.79. The van der Waals surface area contributed by atoms with Gasteiger partial charge in [0.25, 0.3) is 0 Å². The van der Waals surface area contributed by atoms with E-state index in [1.165, 1.54) is 16.8 Å². The molecule has 3 heteroatoms. The number of nitrogen functional groups attached to an aromatic ring is 1. The third-order valence-corrected chi connectivity index (χ3v) is 3.52. The zero-order valence-electron chi connectivity index (χ0n) is 10.7. The molecule has 0 heterocycles. The van der Waals surface area contributed by atoms with Crippen LogP contribution < -0.4 is 10.6 Å². The Kier molecular flexibility index (Phi) is 3.92. The highest BCUT2D eigenvalue weighted by Gasteiger charge is 2.06. The fourth-order valence-electron chi connectivity index (χ4n) is 1.97. The average molecular weight is 305 g/mol. The van der Waals surface area contributed by atoms with Crippen LogP contribution in [0.15, 0.2) is 46.9 Å². The van der Waals surface area contributed by atoms with Gasteiger partial charge in [-0.05, 0) is 58.2 Å². The molecule has 94 valence electrons. The van der Waals surface area contributed by atoms with Gasteiger partial charge in [-0.25, -0.2) is 0 Å². The monoisotopic (exact) mass is 304 g/mol. The van der Waals surface area contributed by atoms with Crippen molar-refractivity contribution in [2.75, 3.05) is 17.7 Å². The SMILES string of the molecule is Cc1ccc(N(C)Cc2cccc(N)c2)c(Br)c1. The lowest BCUT2D eigenvalue weighted by molar-refractivity contribution is 0.920. The fourth-order valence-corrected chi connectivity index (χ4v) is 2.77. The molecular weight excluding hydrogens is 288 g/mol. The first-order chi connectivity index (χ1) is 8.56. The van der Waals surface area contributed by atoms with Crippen LogP contribution in [0, 0.1) is 6.92 Å². The number of nitrogens with zero attached hydrogens (tertiary/aromatic N) is 1. The molecule has 0 unspecified atom stereocenters. The van der Waals surface area contributed by atoms with Crippen LogP contribution in [0.1, 0.15) is 11.1 Å². The van der Waals surface area contributed by atoms with Crippen molar-refractivity contribution in [1.29, 1.82) is 0 Å². The molecule has 0 aliphatic carbocycles. The van der Waals surface area contributed by atoms with Gasteiger partial charge >= 0.3 is 0 Å². The van der Waals surface area contributed by atoms with E-state index in [2.05, 4.69) is 59.1 Å². The Morgan fingerprint density at radius 1 is 1.17 bits per heavy atom. The van der Waals surface area contributed by atoms with Gasteiger partial charge in [-0.2, -0.15) is 0 Å². The molecule has 18 heavy (non-hydrogen) atoms. The van der Waals surface area contributed by atoms with E-state index in [-0.39, 0.29) is 0 Å². The predicted octanol–water partition coefficient (Wildman–Crippen LogP) is 3.98. The van der Waals surface area contributed by atoms with Gasteiger partial charge in [-0.15, -0.1) is 0 Å². The Hall–Kier alpha value is -1.48. The molecule has 0 saturated heterocycles. The van der Waals surface area contributed by atoms with Crippen molar-refractivity contribution < 1.29 is 0 Å². The van der Waals surface area contributed by atoms with Gasteiger partial charge in [-0.3, -0.25) is 0 Å². The molecule has 0 saturated carbocycles. The Balaban J connectivity index is 2.19. The van der Waals surface area contributed by atoms with Crippen LogP contribution >= 0.6 is 15.9 Å². The average Bonchev–Trinajstić information content (AvgIpc) is 2.28. The second-order valence-corrected chi connectivity index (χ2v) is 5.41. The van der Waals surface area contributed by atoms with Gasteiger partial charge in [0, 0.05) is 23.8 Å². The van der Waals surface area contributed by atoms with Crippen LogP contribution in [0.5, 0.6) is 0 Å². The quantitative estimate of drug-likeness (QED) is 0.869. The third kappa shape index (κ3) is 3.05. The molecule has 0 bridgehead atoms. The first-order valence-electron chi connectivity index (χ1n) is 5.88. The molecule has 0 amide bonds. The zero-order valence-corrected chi connectivity index (χ0v) is 12.2. The molecule has 2 rings (SSSR count). The molecule has 0 aliphatic rings. The van der Waals surface area contributed by atoms with Crippen LogP contribution in [0.3, 0.4) is 0 Å². The Labute approximate surface area is 117 Å². The molecule has 2 nitrogen and oxygen atoms in total. The van der Waals surface area contributed by atoms with Crippen LogP contribution in [-0.2, 0) is 6.54 Å². The minimum atomic E-state index is 0.809. The van der Waals surface area contributed by atoms with Crippen molar-refractivity contribution in [3.8, 4) is 0 Å². The second kappa shape index (κ2) is 5.44. The molecule has 0 aromatic heterocycles. The lowest BCUT2D eigenvalue weighted by Crippen LogP contribution is -2.16. The van der Waals surface area contributed by atoms with Crippen LogP contribution in [0.2, 0.25) is 0 Å². The van der Waals surface area contributed by atoms with Gasteiger partial charge in [0.2, 0.25) is 0 Å². The fraction of sp³-hybridized carbons (Fsp3) is 0.200. The van der Waals surface area contributed by atoms with Gasteiger partial charge < -0.3 is 10.6 Å². The highest BCUT2D eigenvalue weighted by molar-refractivity contribution is 9.10. The van der Waals surface area contributed by atoms with Gasteiger partial charge in [0.15, 0.2) is 0 Å². The largest absolute Gasteiger partial charge is 0.399 e. The summed E-state index contributed by atoms with van der Waals surface area (Å²) < 4.78 is 1.12. The van der Waals surface area contributed by atoms with E-state index in [0.29, 0.717) is 0 Å². The van der Waals surface area contributed by atoms with E-state index in [1.807, 2.05) is 18.2 Å². The van der Waals surface area contributed by atoms with Gasteiger partial charge in [0.05, 0.1) is 5.69 Å². The third-order valence-electron chi connectivity index (χ3n) is 2.89. The summed E-state index contributed by atoms with van der Waals surface area (Å²) in [4.78, 5) is 2.21. The van der Waals surface area contributed by atoms with Gasteiger partial charge in [0.1, 0.15) is 0 Å². The topological polar surface area (TPSA) is 29.3 Å². The number of hydrogen-bond acceptors (Lipinski definition) is 2. The number of halogens is 1. The Morgan fingerprint density at radius 3 is 2.61 bits per heavy atom. The molecule has 2 aromatic carbocycles. The minimum absolute atomic E-state index is 0.809. The lowest BCUT2D eigenvalue weighted by Gasteiger charge is -2.21. The first kappa shape index (κ1) is 13.0. The van der Waals surface area contributed by atoms with Crippen molar-refractivity contribution in [2.24, 2.45) is 0 Å². The standard InChI is InChI=1S/C15H17BrN2/c1-11-6-7-15(14(16)8-11)18(2)10-12-4-3-5-13(17)9-12/h3-9H,10,17H2,1-2H3. The molecule has 0 fully saturated rings. The van der Waals surface area contributed by atoms with Crippen molar-refractivity contribution in [1.82, 2.24) is 0 Å². The van der Waals surface area contributed by atoms with Crippen LogP contribution in [-0.4, -0.2) is 7.05 Å². The van der Waals surface area contributed by atoms with E-state index in [1.54, 1.807) is 0 Å². The summed E-state index contributed by atoms with van der Waals surface area (Å²) in [6, 6.07) is 14.4. The van der Waals surface area contributed by atoms with Crippen LogP contribution in [0.25, 0.3) is 0 Å². The highest BCUT2D eigenvalue weighted by atomic mass is 79.9. The molecule has 0 spiro atoms. The molecule has 0 atom stereocenters. The number of nitrogens with two attached hydrogens (primary N) is 1. The number of anilines is 2. The zero-order chi connectivity index (χ0) is 13.1. The van der Waals surface area contributed by atoms with E-state index in [9.17, 15) is 0 Å². The molecule has 0 radical (unpaired) electrons. The number of benzene rings is 2. The number of hydrogen-bond donors (Lipinski definition) is 1. The highest BCUT2D eigenvalue weighted by Crippen LogP contribution is 2.27. The van der Waals surface area contributed by atoms with Crippen molar-refractivity contribution in [3.63, 3.8) is 0 Å². The maximum Gasteiger partial charge on any atom is 0.0511 e. The van der Waals surface area contributed by atoms with Gasteiger partial charge in [-0.1, -0.05) is 18.2 Å². The smallest absolute Gasteiger partial charge is 0.0511 e. The first-order valence-corrected chi connectivity index (χ1v) is 6.67. The summed E-state index contributed by atoms with van der Waals surface area (Å²) in [7, 11) is 2.08. The van der Waals surface area contributed by atoms with E-state index >= 15 is 0 Å². The predicted molar refractivity (Wildman–Crippen MR) is 81.8 cm³/mol.